The maximum atomic E-state index is 10.7. The molecule has 1 fully saturated rings. The van der Waals surface area contributed by atoms with Gasteiger partial charge in [-0.25, -0.2) is 0 Å². The van der Waals surface area contributed by atoms with Gasteiger partial charge in [0.1, 0.15) is 5.75 Å². The third-order valence-electron chi connectivity index (χ3n) is 2.70. The number of nitro groups is 1. The van der Waals surface area contributed by atoms with E-state index in [4.69, 9.17) is 9.47 Å². The van der Waals surface area contributed by atoms with Crippen LogP contribution in [0.5, 0.6) is 5.75 Å². The maximum Gasteiger partial charge on any atom is 0.273 e. The minimum Gasteiger partial charge on any atom is -0.496 e. The van der Waals surface area contributed by atoms with Gasteiger partial charge in [-0.2, -0.15) is 0 Å². The fraction of sp³-hybridized carbons (Fsp3) is 0.455. The number of non-ortho nitro benzene ring substituents is 1. The van der Waals surface area contributed by atoms with Crippen LogP contribution in [-0.2, 0) is 4.74 Å². The summed E-state index contributed by atoms with van der Waals surface area (Å²) in [5, 5.41) is 13.9. The van der Waals surface area contributed by atoms with Gasteiger partial charge in [-0.05, 0) is 6.07 Å². The zero-order valence-electron chi connectivity index (χ0n) is 9.51. The van der Waals surface area contributed by atoms with Gasteiger partial charge >= 0.3 is 0 Å². The van der Waals surface area contributed by atoms with E-state index in [2.05, 4.69) is 5.32 Å². The van der Waals surface area contributed by atoms with Crippen molar-refractivity contribution in [3.63, 3.8) is 0 Å². The molecule has 6 nitrogen and oxygen atoms in total. The number of rotatable bonds is 3. The highest BCUT2D eigenvalue weighted by molar-refractivity contribution is 5.45. The molecule has 0 radical (unpaired) electrons. The SMILES string of the molecule is COc1cc([N+](=O)[O-])ccc1C1CNCCO1. The molecular weight excluding hydrogens is 224 g/mol. The van der Waals surface area contributed by atoms with Gasteiger partial charge in [0.05, 0.1) is 30.8 Å². The Morgan fingerprint density at radius 3 is 3.00 bits per heavy atom. The zero-order chi connectivity index (χ0) is 12.3. The lowest BCUT2D eigenvalue weighted by atomic mass is 10.1. The van der Waals surface area contributed by atoms with Gasteiger partial charge < -0.3 is 14.8 Å². The summed E-state index contributed by atoms with van der Waals surface area (Å²) < 4.78 is 10.8. The number of hydrogen-bond acceptors (Lipinski definition) is 5. The number of nitrogens with one attached hydrogen (secondary N) is 1. The number of nitro benzene ring substituents is 1. The lowest BCUT2D eigenvalue weighted by molar-refractivity contribution is -0.385. The molecule has 1 unspecified atom stereocenters. The van der Waals surface area contributed by atoms with Crippen LogP contribution in [0.2, 0.25) is 0 Å². The first kappa shape index (κ1) is 11.8. The minimum atomic E-state index is -0.438. The molecule has 1 saturated heterocycles. The number of morpholine rings is 1. The van der Waals surface area contributed by atoms with Crippen LogP contribution < -0.4 is 10.1 Å². The number of ether oxygens (including phenoxy) is 2. The molecule has 17 heavy (non-hydrogen) atoms. The van der Waals surface area contributed by atoms with Crippen molar-refractivity contribution in [2.75, 3.05) is 26.8 Å². The van der Waals surface area contributed by atoms with Crippen molar-refractivity contribution in [3.05, 3.63) is 33.9 Å². The molecule has 1 aromatic rings. The Kier molecular flexibility index (Phi) is 3.55. The van der Waals surface area contributed by atoms with Gasteiger partial charge in [-0.15, -0.1) is 0 Å². The monoisotopic (exact) mass is 238 g/mol. The third kappa shape index (κ3) is 2.54. The fourth-order valence-corrected chi connectivity index (χ4v) is 1.84. The normalized spacial score (nSPS) is 19.9. The molecule has 0 saturated carbocycles. The Balaban J connectivity index is 2.29. The van der Waals surface area contributed by atoms with Crippen molar-refractivity contribution < 1.29 is 14.4 Å². The first-order chi connectivity index (χ1) is 8.22. The molecule has 1 aliphatic heterocycles. The van der Waals surface area contributed by atoms with Gasteiger partial charge in [-0.1, -0.05) is 0 Å². The largest absolute Gasteiger partial charge is 0.496 e. The van der Waals surface area contributed by atoms with Crippen LogP contribution in [0.4, 0.5) is 5.69 Å². The summed E-state index contributed by atoms with van der Waals surface area (Å²) in [6.07, 6.45) is -0.112. The Hall–Kier alpha value is -1.66. The molecule has 0 bridgehead atoms. The summed E-state index contributed by atoms with van der Waals surface area (Å²) in [6.45, 7) is 2.14. The highest BCUT2D eigenvalue weighted by Gasteiger charge is 2.21. The van der Waals surface area contributed by atoms with E-state index in [9.17, 15) is 10.1 Å². The smallest absolute Gasteiger partial charge is 0.273 e. The van der Waals surface area contributed by atoms with Crippen LogP contribution in [0.25, 0.3) is 0 Å². The van der Waals surface area contributed by atoms with Gasteiger partial charge in [0.15, 0.2) is 0 Å². The second kappa shape index (κ2) is 5.11. The Morgan fingerprint density at radius 2 is 2.41 bits per heavy atom. The van der Waals surface area contributed by atoms with Crippen molar-refractivity contribution in [1.29, 1.82) is 0 Å². The summed E-state index contributed by atoms with van der Waals surface area (Å²) >= 11 is 0. The first-order valence-corrected chi connectivity index (χ1v) is 5.37. The van der Waals surface area contributed by atoms with Crippen LogP contribution in [0.15, 0.2) is 18.2 Å². The molecular formula is C11H14N2O4. The number of nitrogens with zero attached hydrogens (tertiary/aromatic N) is 1. The maximum absolute atomic E-state index is 10.7. The van der Waals surface area contributed by atoms with E-state index in [-0.39, 0.29) is 11.8 Å². The average Bonchev–Trinajstić information content (AvgIpc) is 2.39. The summed E-state index contributed by atoms with van der Waals surface area (Å²) in [7, 11) is 1.50. The summed E-state index contributed by atoms with van der Waals surface area (Å²) in [6, 6.07) is 4.58. The van der Waals surface area contributed by atoms with Crippen LogP contribution in [-0.4, -0.2) is 31.7 Å². The van der Waals surface area contributed by atoms with Crippen molar-refractivity contribution >= 4 is 5.69 Å². The van der Waals surface area contributed by atoms with E-state index < -0.39 is 4.92 Å². The van der Waals surface area contributed by atoms with Crippen LogP contribution >= 0.6 is 0 Å². The molecule has 92 valence electrons. The summed E-state index contributed by atoms with van der Waals surface area (Å²) in [5.41, 5.74) is 0.861. The summed E-state index contributed by atoms with van der Waals surface area (Å²) in [5.74, 6) is 0.493. The number of hydrogen-bond donors (Lipinski definition) is 1. The Labute approximate surface area is 98.7 Å². The predicted molar refractivity (Wildman–Crippen MR) is 61.2 cm³/mol. The van der Waals surface area contributed by atoms with Crippen LogP contribution in [0, 0.1) is 10.1 Å². The van der Waals surface area contributed by atoms with Crippen LogP contribution in [0.1, 0.15) is 11.7 Å². The van der Waals surface area contributed by atoms with Gasteiger partial charge in [-0.3, -0.25) is 10.1 Å². The Bertz CT molecular complexity index is 416. The van der Waals surface area contributed by atoms with E-state index in [1.807, 2.05) is 0 Å². The molecule has 1 aromatic carbocycles. The molecule has 1 aliphatic rings. The van der Waals surface area contributed by atoms with E-state index in [0.717, 1.165) is 12.1 Å². The van der Waals surface area contributed by atoms with E-state index in [0.29, 0.717) is 18.9 Å². The molecule has 1 heterocycles. The highest BCUT2D eigenvalue weighted by atomic mass is 16.6. The highest BCUT2D eigenvalue weighted by Crippen LogP contribution is 2.31. The standard InChI is InChI=1S/C11H14N2O4/c1-16-10-6-8(13(14)15)2-3-9(10)11-7-12-4-5-17-11/h2-3,6,11-12H,4-5,7H2,1H3. The second-order valence-electron chi connectivity index (χ2n) is 3.75. The topological polar surface area (TPSA) is 73.6 Å². The van der Waals surface area contributed by atoms with Crippen molar-refractivity contribution in [3.8, 4) is 5.75 Å². The predicted octanol–water partition coefficient (Wildman–Crippen LogP) is 1.26. The lowest BCUT2D eigenvalue weighted by Gasteiger charge is -2.25. The summed E-state index contributed by atoms with van der Waals surface area (Å²) in [4.78, 5) is 10.2. The molecule has 0 amide bonds. The zero-order valence-corrected chi connectivity index (χ0v) is 9.51. The lowest BCUT2D eigenvalue weighted by Crippen LogP contribution is -2.33. The number of benzene rings is 1. The van der Waals surface area contributed by atoms with Crippen LogP contribution in [0.3, 0.4) is 0 Å². The van der Waals surface area contributed by atoms with Gasteiger partial charge in [0.25, 0.3) is 5.69 Å². The van der Waals surface area contributed by atoms with Crippen molar-refractivity contribution in [2.45, 2.75) is 6.10 Å². The molecule has 6 heteroatoms. The fourth-order valence-electron chi connectivity index (χ4n) is 1.84. The third-order valence-corrected chi connectivity index (χ3v) is 2.70. The first-order valence-electron chi connectivity index (χ1n) is 5.37. The van der Waals surface area contributed by atoms with Crippen molar-refractivity contribution in [2.24, 2.45) is 0 Å². The van der Waals surface area contributed by atoms with Gasteiger partial charge in [0, 0.05) is 24.7 Å². The molecule has 2 rings (SSSR count). The van der Waals surface area contributed by atoms with Gasteiger partial charge in [0.2, 0.25) is 0 Å². The number of methoxy groups -OCH3 is 1. The second-order valence-corrected chi connectivity index (χ2v) is 3.75. The molecule has 0 spiro atoms. The van der Waals surface area contributed by atoms with E-state index >= 15 is 0 Å². The van der Waals surface area contributed by atoms with E-state index in [1.165, 1.54) is 19.2 Å². The van der Waals surface area contributed by atoms with E-state index in [1.54, 1.807) is 6.07 Å². The molecule has 0 aromatic heterocycles. The quantitative estimate of drug-likeness (QED) is 0.634. The minimum absolute atomic E-state index is 0.0226. The molecule has 0 aliphatic carbocycles. The average molecular weight is 238 g/mol. The van der Waals surface area contributed by atoms with Crippen molar-refractivity contribution in [1.82, 2.24) is 5.32 Å². The molecule has 1 N–H and O–H groups in total. The molecule has 1 atom stereocenters. The Morgan fingerprint density at radius 1 is 1.59 bits per heavy atom.